The fourth-order valence-electron chi connectivity index (χ4n) is 5.35. The predicted octanol–water partition coefficient (Wildman–Crippen LogP) is 3.91. The molecular weight excluding hydrogens is 356 g/mol. The topological polar surface area (TPSA) is 62.2 Å². The lowest BCUT2D eigenvalue weighted by atomic mass is 9.52. The van der Waals surface area contributed by atoms with Crippen molar-refractivity contribution in [2.75, 3.05) is 5.75 Å². The van der Waals surface area contributed by atoms with Crippen molar-refractivity contribution in [1.82, 2.24) is 10.3 Å². The highest BCUT2D eigenvalue weighted by Crippen LogP contribution is 2.55. The highest BCUT2D eigenvalue weighted by atomic mass is 35.5. The van der Waals surface area contributed by atoms with Crippen molar-refractivity contribution in [3.8, 4) is 0 Å². The molecule has 1 amide bonds. The summed E-state index contributed by atoms with van der Waals surface area (Å²) < 4.78 is 0. The third kappa shape index (κ3) is 3.43. The van der Waals surface area contributed by atoms with E-state index in [1.807, 2.05) is 0 Å². The first kappa shape index (κ1) is 17.6. The smallest absolute Gasteiger partial charge is 0.254 e. The van der Waals surface area contributed by atoms with E-state index in [0.29, 0.717) is 33.5 Å². The van der Waals surface area contributed by atoms with E-state index in [4.69, 9.17) is 11.6 Å². The van der Waals surface area contributed by atoms with Gasteiger partial charge in [-0.05, 0) is 74.2 Å². The maximum atomic E-state index is 12.9. The average Bonchev–Trinajstić information content (AvgIpc) is 2.54. The zero-order valence-corrected chi connectivity index (χ0v) is 16.1. The van der Waals surface area contributed by atoms with E-state index >= 15 is 0 Å². The molecule has 1 aromatic heterocycles. The molecule has 0 aromatic carbocycles. The monoisotopic (exact) mass is 380 g/mol. The standard InChI is InChI=1S/C19H25ClN2O2S/c1-2-5-25-18-14(3-4-15(20)21-18)17(23)22-16-12-6-11-7-13(16)10-19(24,8-11)9-12/h3-4,11-13,16,24H,2,5-10H2,1H3,(H,22,23). The molecule has 4 saturated carbocycles. The Morgan fingerprint density at radius 2 is 2.08 bits per heavy atom. The van der Waals surface area contributed by atoms with Crippen LogP contribution in [0.4, 0.5) is 0 Å². The van der Waals surface area contributed by atoms with Crippen molar-refractivity contribution in [2.24, 2.45) is 17.8 Å². The molecule has 0 aliphatic heterocycles. The van der Waals surface area contributed by atoms with Gasteiger partial charge in [-0.15, -0.1) is 11.8 Å². The van der Waals surface area contributed by atoms with Crippen LogP contribution in [0.5, 0.6) is 0 Å². The van der Waals surface area contributed by atoms with Crippen LogP contribution in [0.1, 0.15) is 55.8 Å². The van der Waals surface area contributed by atoms with Crippen LogP contribution in [0.2, 0.25) is 5.15 Å². The lowest BCUT2D eigenvalue weighted by Crippen LogP contribution is -2.61. The molecule has 4 aliphatic carbocycles. The zero-order chi connectivity index (χ0) is 17.6. The van der Waals surface area contributed by atoms with Crippen LogP contribution in [0.15, 0.2) is 17.2 Å². The quantitative estimate of drug-likeness (QED) is 0.600. The van der Waals surface area contributed by atoms with Crippen LogP contribution in [0, 0.1) is 17.8 Å². The summed E-state index contributed by atoms with van der Waals surface area (Å²) in [7, 11) is 0. The minimum Gasteiger partial charge on any atom is -0.390 e. The number of carbonyl (C=O) groups excluding carboxylic acids is 1. The number of carbonyl (C=O) groups is 1. The van der Waals surface area contributed by atoms with Gasteiger partial charge in [0.1, 0.15) is 10.2 Å². The molecular formula is C19H25ClN2O2S. The van der Waals surface area contributed by atoms with Crippen LogP contribution in [-0.2, 0) is 0 Å². The molecule has 5 rings (SSSR count). The third-order valence-corrected chi connectivity index (χ3v) is 7.46. The fraction of sp³-hybridized carbons (Fsp3) is 0.684. The predicted molar refractivity (Wildman–Crippen MR) is 100 cm³/mol. The number of halogens is 1. The first-order chi connectivity index (χ1) is 12.0. The van der Waals surface area contributed by atoms with E-state index in [1.165, 1.54) is 0 Å². The van der Waals surface area contributed by atoms with Crippen molar-refractivity contribution in [3.63, 3.8) is 0 Å². The van der Waals surface area contributed by atoms with E-state index in [-0.39, 0.29) is 11.9 Å². The van der Waals surface area contributed by atoms with Gasteiger partial charge >= 0.3 is 0 Å². The summed E-state index contributed by atoms with van der Waals surface area (Å²) in [5, 5.41) is 15.1. The van der Waals surface area contributed by atoms with Crippen molar-refractivity contribution in [3.05, 3.63) is 22.8 Å². The van der Waals surface area contributed by atoms with Gasteiger partial charge in [0.15, 0.2) is 0 Å². The largest absolute Gasteiger partial charge is 0.390 e. The fourth-order valence-corrected chi connectivity index (χ4v) is 6.42. The summed E-state index contributed by atoms with van der Waals surface area (Å²) in [5.74, 6) is 2.33. The third-order valence-electron chi connectivity index (χ3n) is 6.05. The summed E-state index contributed by atoms with van der Waals surface area (Å²) in [6.45, 7) is 2.11. The number of amides is 1. The number of aliphatic hydroxyl groups is 1. The summed E-state index contributed by atoms with van der Waals surface area (Å²) in [6.07, 6.45) is 5.93. The molecule has 1 heterocycles. The average molecular weight is 381 g/mol. The van der Waals surface area contributed by atoms with Gasteiger partial charge in [0, 0.05) is 6.04 Å². The summed E-state index contributed by atoms with van der Waals surface area (Å²) in [6, 6.07) is 3.65. The number of hydrogen-bond donors (Lipinski definition) is 2. The molecule has 25 heavy (non-hydrogen) atoms. The van der Waals surface area contributed by atoms with Gasteiger partial charge in [-0.2, -0.15) is 0 Å². The Balaban J connectivity index is 1.51. The number of hydrogen-bond acceptors (Lipinski definition) is 4. The molecule has 4 fully saturated rings. The van der Waals surface area contributed by atoms with Crippen LogP contribution in [0.25, 0.3) is 0 Å². The van der Waals surface area contributed by atoms with E-state index < -0.39 is 5.60 Å². The molecule has 4 bridgehead atoms. The van der Waals surface area contributed by atoms with E-state index in [0.717, 1.165) is 44.3 Å². The van der Waals surface area contributed by atoms with Crippen molar-refractivity contribution in [1.29, 1.82) is 0 Å². The highest BCUT2D eigenvalue weighted by Gasteiger charge is 2.55. The van der Waals surface area contributed by atoms with Gasteiger partial charge in [0.05, 0.1) is 11.2 Å². The van der Waals surface area contributed by atoms with Crippen molar-refractivity contribution in [2.45, 2.75) is 62.1 Å². The second kappa shape index (κ2) is 6.75. The van der Waals surface area contributed by atoms with E-state index in [9.17, 15) is 9.90 Å². The summed E-state index contributed by atoms with van der Waals surface area (Å²) in [4.78, 5) is 17.3. The van der Waals surface area contributed by atoms with Gasteiger partial charge in [-0.3, -0.25) is 4.79 Å². The van der Waals surface area contributed by atoms with Gasteiger partial charge < -0.3 is 10.4 Å². The van der Waals surface area contributed by atoms with E-state index in [2.05, 4.69) is 17.2 Å². The summed E-state index contributed by atoms with van der Waals surface area (Å²) in [5.41, 5.74) is 0.150. The van der Waals surface area contributed by atoms with Crippen molar-refractivity contribution < 1.29 is 9.90 Å². The molecule has 1 aromatic rings. The first-order valence-corrected chi connectivity index (χ1v) is 10.7. The van der Waals surface area contributed by atoms with Crippen LogP contribution in [0.3, 0.4) is 0 Å². The number of thioether (sulfide) groups is 1. The molecule has 0 saturated heterocycles. The maximum absolute atomic E-state index is 12.9. The first-order valence-electron chi connectivity index (χ1n) is 9.30. The highest BCUT2D eigenvalue weighted by molar-refractivity contribution is 7.99. The van der Waals surface area contributed by atoms with E-state index in [1.54, 1.807) is 23.9 Å². The second-order valence-corrected chi connectivity index (χ2v) is 9.50. The van der Waals surface area contributed by atoms with Crippen LogP contribution >= 0.6 is 23.4 Å². The molecule has 2 atom stereocenters. The maximum Gasteiger partial charge on any atom is 0.254 e. The second-order valence-electron chi connectivity index (χ2n) is 8.03. The molecule has 0 radical (unpaired) electrons. The molecule has 136 valence electrons. The number of pyridine rings is 1. The van der Waals surface area contributed by atoms with Crippen LogP contribution in [-0.4, -0.2) is 33.4 Å². The number of aromatic nitrogens is 1. The Kier molecular flexibility index (Phi) is 4.76. The molecule has 0 spiro atoms. The normalized spacial score (nSPS) is 35.8. The van der Waals surface area contributed by atoms with Crippen molar-refractivity contribution >= 4 is 29.3 Å². The molecule has 4 aliphatic rings. The lowest BCUT2D eigenvalue weighted by Gasteiger charge is -2.58. The minimum absolute atomic E-state index is 0.0489. The Bertz CT molecular complexity index is 667. The van der Waals surface area contributed by atoms with Gasteiger partial charge in [0.2, 0.25) is 0 Å². The van der Waals surface area contributed by atoms with Gasteiger partial charge in [-0.1, -0.05) is 18.5 Å². The Morgan fingerprint density at radius 3 is 2.72 bits per heavy atom. The lowest BCUT2D eigenvalue weighted by molar-refractivity contribution is -0.136. The van der Waals surface area contributed by atoms with Gasteiger partial charge in [0.25, 0.3) is 5.91 Å². The molecule has 6 heteroatoms. The summed E-state index contributed by atoms with van der Waals surface area (Å²) >= 11 is 7.61. The zero-order valence-electron chi connectivity index (χ0n) is 14.5. The Labute approximate surface area is 158 Å². The number of nitrogens with zero attached hydrogens (tertiary/aromatic N) is 1. The Hall–Kier alpha value is -0.780. The number of rotatable bonds is 5. The molecule has 4 nitrogen and oxygen atoms in total. The van der Waals surface area contributed by atoms with Crippen LogP contribution < -0.4 is 5.32 Å². The Morgan fingerprint density at radius 1 is 1.36 bits per heavy atom. The van der Waals surface area contributed by atoms with Gasteiger partial charge in [-0.25, -0.2) is 4.98 Å². The molecule has 2 unspecified atom stereocenters. The minimum atomic E-state index is -0.471. The number of nitrogens with one attached hydrogen (secondary N) is 1. The molecule has 2 N–H and O–H groups in total. The SMILES string of the molecule is CCCSc1nc(Cl)ccc1C(=O)NC1C2CC3CC1CC(O)(C3)C2.